The van der Waals surface area contributed by atoms with Gasteiger partial charge in [0.25, 0.3) is 10.0 Å². The molecule has 0 aliphatic rings. The number of rotatable bonds is 3. The van der Waals surface area contributed by atoms with Gasteiger partial charge in [-0.2, -0.15) is 0 Å². The van der Waals surface area contributed by atoms with Crippen LogP contribution in [-0.2, 0) is 10.0 Å². The van der Waals surface area contributed by atoms with Gasteiger partial charge in [-0.15, -0.1) is 0 Å². The van der Waals surface area contributed by atoms with Crippen LogP contribution in [0.25, 0.3) is 10.9 Å². The fourth-order valence-corrected chi connectivity index (χ4v) is 3.58. The average molecular weight is 303 g/mol. The number of hydrogen-bond donors (Lipinski definition) is 1. The molecule has 0 saturated heterocycles. The van der Waals surface area contributed by atoms with Crippen molar-refractivity contribution in [2.24, 2.45) is 0 Å². The second-order valence-electron chi connectivity index (χ2n) is 4.41. The minimum Gasteiger partial charge on any atom is -0.733 e. The van der Waals surface area contributed by atoms with Crippen molar-refractivity contribution in [3.8, 4) is 0 Å². The molecular formula is C14H11N2O4S-. The smallest absolute Gasteiger partial charge is 0.268 e. The van der Waals surface area contributed by atoms with Crippen molar-refractivity contribution in [3.63, 3.8) is 0 Å². The van der Waals surface area contributed by atoms with E-state index in [1.165, 1.54) is 36.5 Å². The van der Waals surface area contributed by atoms with Gasteiger partial charge >= 0.3 is 0 Å². The highest BCUT2D eigenvalue weighted by Gasteiger charge is 2.19. The van der Waals surface area contributed by atoms with Crippen molar-refractivity contribution in [3.05, 3.63) is 66.0 Å². The molecule has 3 aromatic rings. The highest BCUT2D eigenvalue weighted by atomic mass is 32.2. The second kappa shape index (κ2) is 4.88. The molecule has 0 aliphatic carbocycles. The van der Waals surface area contributed by atoms with Crippen LogP contribution in [0.4, 0.5) is 5.69 Å². The molecule has 7 heteroatoms. The first-order chi connectivity index (χ1) is 10.0. The summed E-state index contributed by atoms with van der Waals surface area (Å²) in [5.41, 5.74) is 0.320. The number of aromatic nitrogens is 1. The Balaban J connectivity index is 2.25. The first kappa shape index (κ1) is 13.6. The number of anilines is 1. The first-order valence-corrected chi connectivity index (χ1v) is 7.52. The van der Waals surface area contributed by atoms with E-state index < -0.39 is 10.0 Å². The molecule has 108 valence electrons. The van der Waals surface area contributed by atoms with Crippen LogP contribution in [0.1, 0.15) is 0 Å². The Morgan fingerprint density at radius 1 is 1.00 bits per heavy atom. The van der Waals surface area contributed by atoms with Gasteiger partial charge < -0.3 is 10.4 Å². The molecule has 0 fully saturated rings. The van der Waals surface area contributed by atoms with E-state index in [4.69, 9.17) is 5.21 Å². The zero-order chi connectivity index (χ0) is 15.0. The number of fused-ring (bicyclic) bond motifs is 1. The van der Waals surface area contributed by atoms with E-state index in [0.29, 0.717) is 10.9 Å². The molecule has 2 aromatic carbocycles. The maximum Gasteiger partial charge on any atom is 0.268 e. The zero-order valence-electron chi connectivity index (χ0n) is 10.7. The molecule has 1 heterocycles. The molecule has 1 aromatic heterocycles. The Labute approximate surface area is 121 Å². The Kier molecular flexibility index (Phi) is 3.17. The van der Waals surface area contributed by atoms with Crippen molar-refractivity contribution >= 4 is 26.6 Å². The Morgan fingerprint density at radius 3 is 2.38 bits per heavy atom. The van der Waals surface area contributed by atoms with Crippen molar-refractivity contribution in [2.75, 3.05) is 5.23 Å². The molecule has 1 N–H and O–H groups in total. The second-order valence-corrected chi connectivity index (χ2v) is 6.23. The van der Waals surface area contributed by atoms with Gasteiger partial charge in [0.2, 0.25) is 0 Å². The van der Waals surface area contributed by atoms with E-state index in [-0.39, 0.29) is 15.8 Å². The Hall–Kier alpha value is -2.35. The number of hydrogen-bond acceptors (Lipinski definition) is 5. The van der Waals surface area contributed by atoms with Crippen molar-refractivity contribution < 1.29 is 13.6 Å². The van der Waals surface area contributed by atoms with Crippen LogP contribution in [-0.4, -0.2) is 17.6 Å². The van der Waals surface area contributed by atoms with Crippen LogP contribution in [0.5, 0.6) is 0 Å². The minimum atomic E-state index is -3.75. The van der Waals surface area contributed by atoms with Gasteiger partial charge in [-0.1, -0.05) is 24.3 Å². The predicted octanol–water partition coefficient (Wildman–Crippen LogP) is 2.57. The van der Waals surface area contributed by atoms with Gasteiger partial charge in [-0.25, -0.2) is 12.4 Å². The molecule has 0 aliphatic heterocycles. The van der Waals surface area contributed by atoms with E-state index in [9.17, 15) is 13.6 Å². The average Bonchev–Trinajstić information content (AvgIpc) is 2.92. The lowest BCUT2D eigenvalue weighted by Crippen LogP contribution is -2.12. The topological polar surface area (TPSA) is 85.6 Å². The monoisotopic (exact) mass is 303 g/mol. The molecule has 0 radical (unpaired) electrons. The van der Waals surface area contributed by atoms with Crippen LogP contribution >= 0.6 is 0 Å². The number of nitrogens with zero attached hydrogens (tertiary/aromatic N) is 2. The molecule has 0 amide bonds. The summed E-state index contributed by atoms with van der Waals surface area (Å²) >= 11 is 0. The van der Waals surface area contributed by atoms with Gasteiger partial charge in [0, 0.05) is 11.6 Å². The van der Waals surface area contributed by atoms with Gasteiger partial charge in [0.1, 0.15) is 0 Å². The summed E-state index contributed by atoms with van der Waals surface area (Å²) in [5.74, 6) is 0. The lowest BCUT2D eigenvalue weighted by Gasteiger charge is -2.22. The summed E-state index contributed by atoms with van der Waals surface area (Å²) in [6, 6.07) is 14.0. The Morgan fingerprint density at radius 2 is 1.71 bits per heavy atom. The molecule has 0 atom stereocenters. The molecule has 3 rings (SSSR count). The van der Waals surface area contributed by atoms with Gasteiger partial charge in [0.15, 0.2) is 0 Å². The summed E-state index contributed by atoms with van der Waals surface area (Å²) in [7, 11) is -3.75. The van der Waals surface area contributed by atoms with Gasteiger partial charge in [0.05, 0.1) is 16.1 Å². The van der Waals surface area contributed by atoms with E-state index in [1.54, 1.807) is 24.3 Å². The van der Waals surface area contributed by atoms with E-state index in [1.807, 2.05) is 0 Å². The van der Waals surface area contributed by atoms with Crippen LogP contribution in [0.15, 0.2) is 65.7 Å². The highest BCUT2D eigenvalue weighted by Crippen LogP contribution is 2.29. The minimum absolute atomic E-state index is 0.00508. The van der Waals surface area contributed by atoms with E-state index >= 15 is 0 Å². The van der Waals surface area contributed by atoms with Crippen LogP contribution < -0.4 is 5.23 Å². The molecule has 0 spiro atoms. The fraction of sp³-hybridized carbons (Fsp3) is 0. The van der Waals surface area contributed by atoms with Crippen LogP contribution in [0.3, 0.4) is 0 Å². The van der Waals surface area contributed by atoms with E-state index in [0.717, 1.165) is 3.97 Å². The van der Waals surface area contributed by atoms with E-state index in [2.05, 4.69) is 0 Å². The lowest BCUT2D eigenvalue weighted by atomic mass is 10.2. The third-order valence-electron chi connectivity index (χ3n) is 3.18. The molecule has 0 unspecified atom stereocenters. The maximum absolute atomic E-state index is 12.6. The molecule has 6 nitrogen and oxygen atoms in total. The third-order valence-corrected chi connectivity index (χ3v) is 4.88. The quantitative estimate of drug-likeness (QED) is 0.752. The zero-order valence-corrected chi connectivity index (χ0v) is 11.6. The molecular weight excluding hydrogens is 292 g/mol. The third kappa shape index (κ3) is 2.17. The highest BCUT2D eigenvalue weighted by molar-refractivity contribution is 7.90. The van der Waals surface area contributed by atoms with Crippen molar-refractivity contribution in [1.82, 2.24) is 3.97 Å². The standard InChI is InChI=1S/C14H11N2O4S/c17-16(18)14-8-4-7-13-12(14)9-10-15(13)21(19,20)11-5-2-1-3-6-11/h1-10,17H/q-1. The molecule has 0 bridgehead atoms. The largest absolute Gasteiger partial charge is 0.733 e. The normalized spacial score (nSPS) is 11.7. The molecule has 21 heavy (non-hydrogen) atoms. The first-order valence-electron chi connectivity index (χ1n) is 6.08. The fourth-order valence-electron chi connectivity index (χ4n) is 2.21. The Bertz CT molecular complexity index is 886. The number of benzene rings is 2. The van der Waals surface area contributed by atoms with Gasteiger partial charge in [-0.3, -0.25) is 5.21 Å². The molecule has 0 saturated carbocycles. The SMILES string of the molecule is O=S(=O)(c1ccccc1)n1ccc2c(N([O-])O)cccc21. The van der Waals surface area contributed by atoms with Crippen molar-refractivity contribution in [1.29, 1.82) is 0 Å². The summed E-state index contributed by atoms with van der Waals surface area (Å²) < 4.78 is 26.3. The van der Waals surface area contributed by atoms with Crippen LogP contribution in [0.2, 0.25) is 0 Å². The van der Waals surface area contributed by atoms with Gasteiger partial charge in [-0.05, 0) is 30.3 Å². The predicted molar refractivity (Wildman–Crippen MR) is 78.6 cm³/mol. The van der Waals surface area contributed by atoms with Crippen LogP contribution in [0, 0.1) is 5.21 Å². The summed E-state index contributed by atoms with van der Waals surface area (Å²) in [5, 5.41) is 20.3. The van der Waals surface area contributed by atoms with Crippen molar-refractivity contribution in [2.45, 2.75) is 4.90 Å². The maximum atomic E-state index is 12.6. The summed E-state index contributed by atoms with van der Waals surface area (Å²) in [4.78, 5) is 0.149. The summed E-state index contributed by atoms with van der Waals surface area (Å²) in [6.07, 6.45) is 1.36. The lowest BCUT2D eigenvalue weighted by molar-refractivity contribution is 0.297. The summed E-state index contributed by atoms with van der Waals surface area (Å²) in [6.45, 7) is 0.